The van der Waals surface area contributed by atoms with E-state index in [4.69, 9.17) is 16.1 Å². The Kier molecular flexibility index (Phi) is 5.38. The summed E-state index contributed by atoms with van der Waals surface area (Å²) in [5.74, 6) is 0. The summed E-state index contributed by atoms with van der Waals surface area (Å²) in [7, 11) is 0. The van der Waals surface area contributed by atoms with E-state index in [1.54, 1.807) is 0 Å². The zero-order chi connectivity index (χ0) is 23.9. The molecule has 0 saturated heterocycles. The van der Waals surface area contributed by atoms with Crippen LogP contribution in [0.1, 0.15) is 22.8 Å². The molecule has 1 aliphatic rings. The molecule has 0 bridgehead atoms. The number of halogens is 1. The van der Waals surface area contributed by atoms with Crippen LogP contribution in [0, 0.1) is 6.92 Å². The number of fused-ring (bicyclic) bond motifs is 1. The molecule has 0 radical (unpaired) electrons. The van der Waals surface area contributed by atoms with Crippen molar-refractivity contribution in [2.45, 2.75) is 13.0 Å². The SMILES string of the molecule is Cc1ccc(P2(c3ccccc3)(c3ccccc3)O[C@@H](c3ccc(Cl)cc3)c3ccccc32)cc1. The predicted octanol–water partition coefficient (Wildman–Crippen LogP) is 6.84. The molecule has 0 fully saturated rings. The molecule has 0 unspecified atom stereocenters. The average molecular weight is 493 g/mol. The van der Waals surface area contributed by atoms with Crippen LogP contribution in [-0.2, 0) is 4.52 Å². The quantitative estimate of drug-likeness (QED) is 0.250. The van der Waals surface area contributed by atoms with Gasteiger partial charge >= 0.3 is 212 Å². The monoisotopic (exact) mass is 492 g/mol. The van der Waals surface area contributed by atoms with Gasteiger partial charge in [-0.3, -0.25) is 0 Å². The third-order valence-corrected chi connectivity index (χ3v) is 13.3. The van der Waals surface area contributed by atoms with Gasteiger partial charge < -0.3 is 0 Å². The minimum absolute atomic E-state index is 0.220. The molecule has 0 N–H and O–H groups in total. The van der Waals surface area contributed by atoms with Gasteiger partial charge in [0, 0.05) is 0 Å². The number of hydrogen-bond acceptors (Lipinski definition) is 1. The van der Waals surface area contributed by atoms with Crippen LogP contribution in [0.4, 0.5) is 0 Å². The Morgan fingerprint density at radius 1 is 0.571 bits per heavy atom. The van der Waals surface area contributed by atoms with Crippen LogP contribution in [0.15, 0.2) is 133 Å². The maximum absolute atomic E-state index is 7.72. The Labute approximate surface area is 212 Å². The summed E-state index contributed by atoms with van der Waals surface area (Å²) in [6.07, 6.45) is -0.220. The molecule has 1 atom stereocenters. The fraction of sp³-hybridized carbons (Fsp3) is 0.0625. The molecule has 6 rings (SSSR count). The van der Waals surface area contributed by atoms with E-state index >= 15 is 0 Å². The molecule has 0 spiro atoms. The Morgan fingerprint density at radius 2 is 1.09 bits per heavy atom. The second kappa shape index (κ2) is 8.47. The first-order valence-electron chi connectivity index (χ1n) is 11.9. The summed E-state index contributed by atoms with van der Waals surface area (Å²) >= 11 is 6.27. The topological polar surface area (TPSA) is 9.23 Å². The van der Waals surface area contributed by atoms with Crippen molar-refractivity contribution in [2.75, 3.05) is 0 Å². The van der Waals surface area contributed by atoms with Gasteiger partial charge in [0.2, 0.25) is 0 Å². The van der Waals surface area contributed by atoms with E-state index in [1.807, 2.05) is 12.1 Å². The van der Waals surface area contributed by atoms with Crippen molar-refractivity contribution in [3.8, 4) is 0 Å². The van der Waals surface area contributed by atoms with Crippen LogP contribution in [0.2, 0.25) is 5.02 Å². The van der Waals surface area contributed by atoms with E-state index in [0.717, 1.165) is 10.6 Å². The van der Waals surface area contributed by atoms with Gasteiger partial charge in [-0.05, 0) is 0 Å². The molecule has 0 amide bonds. The Morgan fingerprint density at radius 3 is 1.69 bits per heavy atom. The van der Waals surface area contributed by atoms with Crippen LogP contribution < -0.4 is 21.2 Å². The van der Waals surface area contributed by atoms with Crippen molar-refractivity contribution in [1.29, 1.82) is 0 Å². The van der Waals surface area contributed by atoms with Crippen LogP contribution in [-0.4, -0.2) is 0 Å². The van der Waals surface area contributed by atoms with Gasteiger partial charge in [-0.2, -0.15) is 0 Å². The fourth-order valence-electron chi connectivity index (χ4n) is 5.60. The molecule has 0 saturated carbocycles. The van der Waals surface area contributed by atoms with Crippen molar-refractivity contribution >= 4 is 39.6 Å². The van der Waals surface area contributed by atoms with Crippen molar-refractivity contribution in [3.05, 3.63) is 155 Å². The second-order valence-corrected chi connectivity index (χ2v) is 13.9. The Hall–Kier alpha value is -3.22. The van der Waals surface area contributed by atoms with Gasteiger partial charge in [-0.15, -0.1) is 0 Å². The van der Waals surface area contributed by atoms with E-state index < -0.39 is 6.83 Å². The third kappa shape index (κ3) is 3.16. The van der Waals surface area contributed by atoms with Gasteiger partial charge in [0.1, 0.15) is 0 Å². The zero-order valence-corrected chi connectivity index (χ0v) is 21.2. The molecule has 3 heteroatoms. The van der Waals surface area contributed by atoms with Crippen molar-refractivity contribution in [1.82, 2.24) is 0 Å². The molecule has 0 aliphatic carbocycles. The molecule has 5 aromatic carbocycles. The first-order chi connectivity index (χ1) is 17.1. The minimum atomic E-state index is -3.58. The Balaban J connectivity index is 1.80. The van der Waals surface area contributed by atoms with Crippen molar-refractivity contribution < 1.29 is 4.52 Å². The number of rotatable bonds is 4. The van der Waals surface area contributed by atoms with E-state index in [0.29, 0.717) is 0 Å². The molecule has 1 nitrogen and oxygen atoms in total. The number of benzene rings is 5. The summed E-state index contributed by atoms with van der Waals surface area (Å²) in [5, 5.41) is 5.61. The molecule has 1 aliphatic heterocycles. The van der Waals surface area contributed by atoms with Gasteiger partial charge in [0.05, 0.1) is 0 Å². The van der Waals surface area contributed by atoms with Gasteiger partial charge in [0.25, 0.3) is 0 Å². The summed E-state index contributed by atoms with van der Waals surface area (Å²) < 4.78 is 7.72. The average Bonchev–Trinajstić information content (AvgIpc) is 3.24. The second-order valence-electron chi connectivity index (χ2n) is 9.14. The molecular formula is C32H26ClOP. The normalized spacial score (nSPS) is 18.8. The van der Waals surface area contributed by atoms with Gasteiger partial charge in [-0.25, -0.2) is 0 Å². The summed E-state index contributed by atoms with van der Waals surface area (Å²) in [5.41, 5.74) is 3.54. The van der Waals surface area contributed by atoms with Gasteiger partial charge in [-0.1, -0.05) is 0 Å². The van der Waals surface area contributed by atoms with E-state index in [9.17, 15) is 0 Å². The van der Waals surface area contributed by atoms with Crippen LogP contribution >= 0.6 is 18.4 Å². The Bertz CT molecular complexity index is 1440. The molecule has 1 heterocycles. The number of hydrogen-bond donors (Lipinski definition) is 0. The molecule has 172 valence electrons. The van der Waals surface area contributed by atoms with Gasteiger partial charge in [0.15, 0.2) is 0 Å². The molecule has 0 aromatic heterocycles. The van der Waals surface area contributed by atoms with Crippen molar-refractivity contribution in [2.24, 2.45) is 0 Å². The molecular weight excluding hydrogens is 467 g/mol. The van der Waals surface area contributed by atoms with E-state index in [1.165, 1.54) is 32.3 Å². The number of aryl methyl sites for hydroxylation is 1. The fourth-order valence-corrected chi connectivity index (χ4v) is 11.8. The van der Waals surface area contributed by atoms with Crippen LogP contribution in [0.3, 0.4) is 0 Å². The van der Waals surface area contributed by atoms with Crippen LogP contribution in [0.25, 0.3) is 0 Å². The van der Waals surface area contributed by atoms with E-state index in [2.05, 4.69) is 128 Å². The van der Waals surface area contributed by atoms with Crippen molar-refractivity contribution in [3.63, 3.8) is 0 Å². The van der Waals surface area contributed by atoms with E-state index in [-0.39, 0.29) is 6.10 Å². The summed E-state index contributed by atoms with van der Waals surface area (Å²) in [6.45, 7) is -1.44. The predicted molar refractivity (Wildman–Crippen MR) is 150 cm³/mol. The molecule has 35 heavy (non-hydrogen) atoms. The zero-order valence-electron chi connectivity index (χ0n) is 19.5. The van der Waals surface area contributed by atoms with Crippen LogP contribution in [0.5, 0.6) is 0 Å². The third-order valence-electron chi connectivity index (χ3n) is 7.19. The first-order valence-corrected chi connectivity index (χ1v) is 14.4. The summed E-state index contributed by atoms with van der Waals surface area (Å²) in [6, 6.07) is 47.4. The molecule has 5 aromatic rings. The summed E-state index contributed by atoms with van der Waals surface area (Å²) in [4.78, 5) is 0. The first kappa shape index (κ1) is 22.3. The maximum atomic E-state index is 7.72. The standard InChI is InChI=1S/C32H26ClOP/c1-24-16-22-29(23-17-24)35(27-10-4-2-5-11-27,28-12-6-3-7-13-28)31-15-9-8-14-30(31)32(34-35)25-18-20-26(33)21-19-25/h2-23,32H,1H3/t32-/m0/s1.